The second-order valence-electron chi connectivity index (χ2n) is 15.7. The fourth-order valence-corrected chi connectivity index (χ4v) is 5.65. The Morgan fingerprint density at radius 2 is 0.828 bits per heavy atom. The lowest BCUT2D eigenvalue weighted by atomic mass is 10.0. The van der Waals surface area contributed by atoms with Crippen LogP contribution in [0.1, 0.15) is 79.6 Å². The molecule has 0 saturated carbocycles. The summed E-state index contributed by atoms with van der Waals surface area (Å²) in [6, 6.07) is -12.0. The van der Waals surface area contributed by atoms with Crippen LogP contribution in [0.3, 0.4) is 0 Å². The van der Waals surface area contributed by atoms with Gasteiger partial charge in [-0.2, -0.15) is 0 Å². The maximum atomic E-state index is 14.0. The fraction of sp³-hybridized carbons (Fsp3) is 0.703. The molecule has 0 fully saturated rings. The van der Waals surface area contributed by atoms with Crippen molar-refractivity contribution in [1.82, 2.24) is 37.2 Å². The first kappa shape index (κ1) is 57.6. The second kappa shape index (κ2) is 29.9. The molecule has 0 rings (SSSR count). The van der Waals surface area contributed by atoms with Crippen LogP contribution < -0.4 is 65.9 Å². The smallest absolute Gasteiger partial charge is 0.325 e. The van der Waals surface area contributed by atoms with Gasteiger partial charge in [-0.3, -0.25) is 53.1 Å². The summed E-state index contributed by atoms with van der Waals surface area (Å²) in [7, 11) is 0. The molecule has 0 aromatic rings. The van der Waals surface area contributed by atoms with Crippen molar-refractivity contribution in [3.8, 4) is 0 Å². The largest absolute Gasteiger partial charge is 0.481 e. The Morgan fingerprint density at radius 3 is 1.22 bits per heavy atom. The minimum absolute atomic E-state index is 0.0252. The number of amides is 7. The van der Waals surface area contributed by atoms with Gasteiger partial charge in [0.2, 0.25) is 41.4 Å². The number of carboxylic acid groups (broad SMARTS) is 2. The number of nitrogens with zero attached hydrogens (tertiary/aromatic N) is 2. The number of nitrogens with one attached hydrogen (secondary N) is 7. The van der Waals surface area contributed by atoms with Crippen LogP contribution in [0, 0.1) is 11.8 Å². The van der Waals surface area contributed by atoms with E-state index in [9.17, 15) is 58.5 Å². The average Bonchev–Trinajstić information content (AvgIpc) is 3.19. The number of carboxylic acids is 2. The number of aliphatic carboxylic acids is 2. The fourth-order valence-electron chi connectivity index (χ4n) is 5.65. The minimum Gasteiger partial charge on any atom is -0.481 e. The molecule has 0 spiro atoms. The van der Waals surface area contributed by atoms with Gasteiger partial charge in [0.15, 0.2) is 11.9 Å². The van der Waals surface area contributed by atoms with E-state index in [1.807, 2.05) is 19.2 Å². The van der Waals surface area contributed by atoms with E-state index < -0.39 is 121 Å². The van der Waals surface area contributed by atoms with Crippen LogP contribution in [-0.2, 0) is 43.2 Å². The first-order valence-corrected chi connectivity index (χ1v) is 20.5. The Labute approximate surface area is 370 Å². The van der Waals surface area contributed by atoms with Crippen LogP contribution >= 0.6 is 0 Å². The molecule has 0 radical (unpaired) electrons. The van der Waals surface area contributed by atoms with E-state index in [0.717, 1.165) is 6.92 Å². The number of carbonyl (C=O) groups is 9. The zero-order valence-corrected chi connectivity index (χ0v) is 36.8. The number of aliphatic imine (C=N–C) groups is 2. The number of hydrogen-bond donors (Lipinski definition) is 16. The molecule has 0 aliphatic rings. The second-order valence-corrected chi connectivity index (χ2v) is 15.7. The maximum Gasteiger partial charge on any atom is 0.325 e. The molecule has 27 heteroatoms. The van der Waals surface area contributed by atoms with Gasteiger partial charge in [0.1, 0.15) is 42.3 Å². The van der Waals surface area contributed by atoms with Gasteiger partial charge in [-0.15, -0.1) is 0 Å². The van der Waals surface area contributed by atoms with Gasteiger partial charge < -0.3 is 86.3 Å². The summed E-state index contributed by atoms with van der Waals surface area (Å²) in [5, 5.41) is 54.5. The molecular formula is C37H68N14O13. The monoisotopic (exact) mass is 917 g/mol. The van der Waals surface area contributed by atoms with Crippen molar-refractivity contribution < 1.29 is 63.6 Å². The topological polar surface area (TPSA) is 474 Å². The molecule has 0 heterocycles. The summed E-state index contributed by atoms with van der Waals surface area (Å²) in [6.07, 6.45) is -0.967. The van der Waals surface area contributed by atoms with Crippen LogP contribution in [0.4, 0.5) is 0 Å². The summed E-state index contributed by atoms with van der Waals surface area (Å²) in [5.74, 6) is -10.8. The summed E-state index contributed by atoms with van der Waals surface area (Å²) in [5.41, 5.74) is 27.6. The summed E-state index contributed by atoms with van der Waals surface area (Å²) >= 11 is 0. The Bertz CT molecular complexity index is 1650. The minimum atomic E-state index is -1.91. The SMILES string of the molecule is CC(C)CC(N)C(=O)NC(CO)C(=O)NC(CCCN=C(N)N)C(=O)NC(CC(C)C)C(=O)NC(CCCN=C(N)N)C(=O)NC(CC(=O)O)C(=O)NC(CO)C(=O)NC(C)C(=O)O. The molecule has 0 saturated heterocycles. The third-order valence-electron chi connectivity index (χ3n) is 8.93. The zero-order chi connectivity index (χ0) is 49.3. The van der Waals surface area contributed by atoms with E-state index in [-0.39, 0.29) is 75.4 Å². The molecule has 0 aromatic carbocycles. The maximum absolute atomic E-state index is 14.0. The van der Waals surface area contributed by atoms with Gasteiger partial charge in [-0.1, -0.05) is 27.7 Å². The first-order chi connectivity index (χ1) is 29.8. The molecular weight excluding hydrogens is 848 g/mol. The van der Waals surface area contributed by atoms with Crippen LogP contribution in [0.15, 0.2) is 9.98 Å². The van der Waals surface area contributed by atoms with E-state index in [2.05, 4.69) is 41.9 Å². The van der Waals surface area contributed by atoms with Crippen LogP contribution in [0.5, 0.6) is 0 Å². The number of guanidine groups is 2. The van der Waals surface area contributed by atoms with Gasteiger partial charge in [0.25, 0.3) is 0 Å². The Hall–Kier alpha value is -6.35. The lowest BCUT2D eigenvalue weighted by molar-refractivity contribution is -0.143. The van der Waals surface area contributed by atoms with Crippen molar-refractivity contribution in [2.45, 2.75) is 128 Å². The van der Waals surface area contributed by atoms with E-state index in [0.29, 0.717) is 0 Å². The first-order valence-electron chi connectivity index (χ1n) is 20.5. The number of aliphatic hydroxyl groups is 2. The molecule has 21 N–H and O–H groups in total. The molecule has 0 bridgehead atoms. The molecule has 0 aliphatic carbocycles. The van der Waals surface area contributed by atoms with E-state index >= 15 is 0 Å². The highest BCUT2D eigenvalue weighted by Crippen LogP contribution is 2.10. The number of rotatable bonds is 31. The van der Waals surface area contributed by atoms with Crippen molar-refractivity contribution in [3.63, 3.8) is 0 Å². The van der Waals surface area contributed by atoms with E-state index in [1.54, 1.807) is 13.8 Å². The van der Waals surface area contributed by atoms with Crippen LogP contribution in [0.25, 0.3) is 0 Å². The Balaban J connectivity index is 6.62. The number of hydrogen-bond acceptors (Lipinski definition) is 14. The van der Waals surface area contributed by atoms with E-state index in [1.165, 1.54) is 0 Å². The van der Waals surface area contributed by atoms with Gasteiger partial charge in [0, 0.05) is 13.1 Å². The van der Waals surface area contributed by atoms with Crippen LogP contribution in [0.2, 0.25) is 0 Å². The molecule has 0 aromatic heterocycles. The lowest BCUT2D eigenvalue weighted by Gasteiger charge is -2.28. The highest BCUT2D eigenvalue weighted by molar-refractivity contribution is 5.98. The third-order valence-corrected chi connectivity index (χ3v) is 8.93. The van der Waals surface area contributed by atoms with Gasteiger partial charge in [0.05, 0.1) is 25.7 Å². The third kappa shape index (κ3) is 23.8. The van der Waals surface area contributed by atoms with Gasteiger partial charge >= 0.3 is 11.9 Å². The Morgan fingerprint density at radius 1 is 0.484 bits per heavy atom. The Kier molecular flexibility index (Phi) is 26.9. The van der Waals surface area contributed by atoms with Gasteiger partial charge in [-0.25, -0.2) is 0 Å². The normalized spacial score (nSPS) is 14.7. The molecule has 8 unspecified atom stereocenters. The molecule has 8 atom stereocenters. The number of carbonyl (C=O) groups excluding carboxylic acids is 7. The van der Waals surface area contributed by atoms with Gasteiger partial charge in [-0.05, 0) is 57.3 Å². The average molecular weight is 917 g/mol. The highest BCUT2D eigenvalue weighted by atomic mass is 16.4. The van der Waals surface area contributed by atoms with E-state index in [4.69, 9.17) is 33.8 Å². The molecule has 7 amide bonds. The molecule has 27 nitrogen and oxygen atoms in total. The van der Waals surface area contributed by atoms with Crippen molar-refractivity contribution in [1.29, 1.82) is 0 Å². The standard InChI is InChI=1S/C37H68N14O13/c1-17(2)12-20(38)28(56)50-26(16-53)34(62)47-22(9-7-11-44-37(41)42)29(57)48-23(13-18(3)4)31(59)46-21(8-6-10-43-36(39)40)30(58)49-24(14-27(54)55)32(60)51-25(15-52)33(61)45-19(5)35(63)64/h17-26,52-53H,6-16,38H2,1-5H3,(H,45,61)(H,46,59)(H,47,62)(H,48,57)(H,49,58)(H,50,56)(H,51,60)(H,54,55)(H,63,64)(H4,39,40,43)(H4,41,42,44). The number of aliphatic hydroxyl groups excluding tert-OH is 2. The van der Waals surface area contributed by atoms with Crippen molar-refractivity contribution >= 4 is 65.2 Å². The van der Waals surface area contributed by atoms with Crippen molar-refractivity contribution in [3.05, 3.63) is 0 Å². The molecule has 64 heavy (non-hydrogen) atoms. The van der Waals surface area contributed by atoms with Crippen LogP contribution in [-0.4, -0.2) is 160 Å². The molecule has 0 aliphatic heterocycles. The summed E-state index contributed by atoms with van der Waals surface area (Å²) in [6.45, 7) is 6.29. The highest BCUT2D eigenvalue weighted by Gasteiger charge is 2.35. The zero-order valence-electron chi connectivity index (χ0n) is 36.8. The predicted octanol–water partition coefficient (Wildman–Crippen LogP) is -6.53. The van der Waals surface area contributed by atoms with Crippen molar-refractivity contribution in [2.24, 2.45) is 50.5 Å². The summed E-state index contributed by atoms with van der Waals surface area (Å²) < 4.78 is 0. The van der Waals surface area contributed by atoms with Crippen molar-refractivity contribution in [2.75, 3.05) is 26.3 Å². The molecule has 364 valence electrons. The number of nitrogens with two attached hydrogens (primary N) is 5. The lowest BCUT2D eigenvalue weighted by Crippen LogP contribution is -2.60. The summed E-state index contributed by atoms with van der Waals surface area (Å²) in [4.78, 5) is 124. The quantitative estimate of drug-likeness (QED) is 0.0175. The predicted molar refractivity (Wildman–Crippen MR) is 230 cm³/mol.